The zero-order valence-corrected chi connectivity index (χ0v) is 28.9. The number of fused-ring (bicyclic) bond motifs is 4. The highest BCUT2D eigenvalue weighted by Crippen LogP contribution is 2.46. The van der Waals surface area contributed by atoms with Crippen LogP contribution in [0.1, 0.15) is 0 Å². The van der Waals surface area contributed by atoms with E-state index >= 15 is 0 Å². The second-order valence-corrected chi connectivity index (χ2v) is 12.3. The highest BCUT2D eigenvalue weighted by molar-refractivity contribution is 6.36. The van der Waals surface area contributed by atoms with Crippen LogP contribution in [-0.2, 0) is 0 Å². The van der Waals surface area contributed by atoms with Crippen molar-refractivity contribution >= 4 is 111 Å². The van der Waals surface area contributed by atoms with Crippen molar-refractivity contribution < 1.29 is 60.0 Å². The van der Waals surface area contributed by atoms with Crippen LogP contribution in [0.4, 0.5) is 19.2 Å². The molecule has 0 aliphatic heterocycles. The van der Waals surface area contributed by atoms with Crippen LogP contribution in [0.2, 0.25) is 0 Å². The average molecular weight is 751 g/mol. The maximum absolute atomic E-state index is 8.56. The molecule has 0 saturated carbocycles. The molecule has 0 atom stereocenters. The van der Waals surface area contributed by atoms with Crippen LogP contribution in [0.25, 0.3) is 97.3 Å². The van der Waals surface area contributed by atoms with Crippen molar-refractivity contribution in [3.05, 3.63) is 133 Å². The van der Waals surface area contributed by atoms with E-state index in [1.165, 1.54) is 97.3 Å². The number of hydrogen-bond donors (Lipinski definition) is 8. The molecule has 56 heavy (non-hydrogen) atoms. The maximum Gasteiger partial charge on any atom is 0.503 e. The Bertz CT molecular complexity index is 2750. The summed E-state index contributed by atoms with van der Waals surface area (Å²) < 4.78 is 0. The summed E-state index contributed by atoms with van der Waals surface area (Å²) in [6, 6.07) is 50.0. The molecule has 10 aromatic rings. The molecule has 0 bridgehead atoms. The number of carbonyl (C=O) groups is 4. The van der Waals surface area contributed by atoms with E-state index in [2.05, 4.69) is 133 Å². The molecule has 10 rings (SSSR count). The molecule has 278 valence electrons. The highest BCUT2D eigenvalue weighted by Gasteiger charge is 2.18. The van der Waals surface area contributed by atoms with E-state index in [4.69, 9.17) is 60.0 Å². The number of carboxylic acid groups (broad SMARTS) is 8. The minimum atomic E-state index is -1.83. The first-order valence-electron chi connectivity index (χ1n) is 16.6. The van der Waals surface area contributed by atoms with Gasteiger partial charge in [-0.3, -0.25) is 0 Å². The lowest BCUT2D eigenvalue weighted by Gasteiger charge is -2.19. The van der Waals surface area contributed by atoms with Gasteiger partial charge < -0.3 is 40.9 Å². The molecule has 0 radical (unpaired) electrons. The van der Waals surface area contributed by atoms with Crippen molar-refractivity contribution in [2.24, 2.45) is 0 Å². The molecule has 0 heterocycles. The molecule has 0 fully saturated rings. The molecule has 0 amide bonds. The van der Waals surface area contributed by atoms with Crippen LogP contribution >= 0.6 is 0 Å². The van der Waals surface area contributed by atoms with Gasteiger partial charge in [-0.2, -0.15) is 0 Å². The summed E-state index contributed by atoms with van der Waals surface area (Å²) in [5.74, 6) is 0. The Morgan fingerprint density at radius 2 is 0.446 bits per heavy atom. The van der Waals surface area contributed by atoms with E-state index in [1.54, 1.807) is 0 Å². The molecule has 0 unspecified atom stereocenters. The summed E-state index contributed by atoms with van der Waals surface area (Å²) in [6.45, 7) is 0. The van der Waals surface area contributed by atoms with Crippen molar-refractivity contribution in [3.8, 4) is 11.1 Å². The Balaban J connectivity index is 0.000000287. The zero-order valence-electron chi connectivity index (χ0n) is 28.9. The van der Waals surface area contributed by atoms with E-state index in [1.807, 2.05) is 0 Å². The van der Waals surface area contributed by atoms with Crippen LogP contribution in [0.3, 0.4) is 0 Å². The topological polar surface area (TPSA) is 230 Å². The van der Waals surface area contributed by atoms with Gasteiger partial charge in [-0.1, -0.05) is 133 Å². The lowest BCUT2D eigenvalue weighted by Crippen LogP contribution is -1.91. The minimum absolute atomic E-state index is 1.30. The SMILES string of the molecule is O=C(O)O.O=C(O)O.O=C(O)O.O=C(O)O.c1cc2cccc3c4ccc(-c5ccc6c7cccc8cccc(c9cccc5c96)c87)c5cccc(c(c1)c23)c54. The summed E-state index contributed by atoms with van der Waals surface area (Å²) in [4.78, 5) is 34.2. The first-order chi connectivity index (χ1) is 26.8. The maximum atomic E-state index is 8.56. The summed E-state index contributed by atoms with van der Waals surface area (Å²) in [5.41, 5.74) is 2.60. The Morgan fingerprint density at radius 3 is 0.714 bits per heavy atom. The summed E-state index contributed by atoms with van der Waals surface area (Å²) >= 11 is 0. The predicted octanol–water partition coefficient (Wildman–Crippen LogP) is 12.3. The van der Waals surface area contributed by atoms with Gasteiger partial charge in [-0.15, -0.1) is 0 Å². The van der Waals surface area contributed by atoms with E-state index in [-0.39, 0.29) is 0 Å². The van der Waals surface area contributed by atoms with Crippen LogP contribution in [-0.4, -0.2) is 65.5 Å². The van der Waals surface area contributed by atoms with Crippen molar-refractivity contribution in [2.75, 3.05) is 0 Å². The van der Waals surface area contributed by atoms with Crippen LogP contribution in [0.15, 0.2) is 133 Å². The molecule has 10 aromatic carbocycles. The van der Waals surface area contributed by atoms with Crippen molar-refractivity contribution in [1.82, 2.24) is 0 Å². The fourth-order valence-electron chi connectivity index (χ4n) is 7.76. The number of hydrogen-bond acceptors (Lipinski definition) is 4. The second kappa shape index (κ2) is 15.5. The first-order valence-corrected chi connectivity index (χ1v) is 16.6. The summed E-state index contributed by atoms with van der Waals surface area (Å²) in [7, 11) is 0. The molecule has 12 heteroatoms. The van der Waals surface area contributed by atoms with Crippen molar-refractivity contribution in [2.45, 2.75) is 0 Å². The van der Waals surface area contributed by atoms with Gasteiger partial charge in [0.2, 0.25) is 0 Å². The van der Waals surface area contributed by atoms with Gasteiger partial charge in [0.15, 0.2) is 0 Å². The van der Waals surface area contributed by atoms with Crippen LogP contribution in [0, 0.1) is 0 Å². The Kier molecular flexibility index (Phi) is 10.4. The van der Waals surface area contributed by atoms with Crippen molar-refractivity contribution in [3.63, 3.8) is 0 Å². The Morgan fingerprint density at radius 1 is 0.250 bits per heavy atom. The lowest BCUT2D eigenvalue weighted by atomic mass is 9.84. The molecule has 0 aromatic heterocycles. The highest BCUT2D eigenvalue weighted by atomic mass is 16.6. The van der Waals surface area contributed by atoms with Gasteiger partial charge in [0.1, 0.15) is 0 Å². The molecule has 0 aliphatic carbocycles. The first kappa shape index (κ1) is 37.6. The minimum Gasteiger partial charge on any atom is -0.450 e. The average Bonchev–Trinajstić information content (AvgIpc) is 3.15. The van der Waals surface area contributed by atoms with Gasteiger partial charge in [-0.05, 0) is 97.3 Å². The number of benzene rings is 10. The van der Waals surface area contributed by atoms with E-state index in [0.717, 1.165) is 0 Å². The van der Waals surface area contributed by atoms with Gasteiger partial charge in [-0.25, -0.2) is 19.2 Å². The van der Waals surface area contributed by atoms with Gasteiger partial charge in [0, 0.05) is 0 Å². The summed E-state index contributed by atoms with van der Waals surface area (Å²) in [5, 5.41) is 77.2. The fourth-order valence-corrected chi connectivity index (χ4v) is 7.76. The Hall–Kier alpha value is -8.12. The number of rotatable bonds is 1. The van der Waals surface area contributed by atoms with Gasteiger partial charge >= 0.3 is 24.6 Å². The second-order valence-electron chi connectivity index (χ2n) is 12.3. The molecule has 12 nitrogen and oxygen atoms in total. The van der Waals surface area contributed by atoms with E-state index < -0.39 is 24.6 Å². The van der Waals surface area contributed by atoms with E-state index in [9.17, 15) is 0 Å². The zero-order chi connectivity index (χ0) is 40.3. The molecule has 0 spiro atoms. The quantitative estimate of drug-likeness (QED) is 0.0578. The fraction of sp³-hybridized carbons (Fsp3) is 0. The third-order valence-corrected chi connectivity index (χ3v) is 9.34. The smallest absolute Gasteiger partial charge is 0.450 e. The third kappa shape index (κ3) is 7.13. The van der Waals surface area contributed by atoms with Gasteiger partial charge in [0.25, 0.3) is 0 Å². The molecular formula is C44H30O12. The van der Waals surface area contributed by atoms with Crippen LogP contribution < -0.4 is 0 Å². The largest absolute Gasteiger partial charge is 0.503 e. The molecular weight excluding hydrogens is 720 g/mol. The standard InChI is InChI=1S/C40H22.4CH2O3/c1-7-23-9-3-13-31-35-21-19-25(27-15-5-17-33(39(27)35)29(11-1)37(23)31)26-20-22-36-32-14-4-10-24-8-2-12-30(38(24)32)34-18-6-16-28(26)40(34)36;4*2-1(3)4/h1-22H;4*(H2,2,3,4). The summed E-state index contributed by atoms with van der Waals surface area (Å²) in [6.07, 6.45) is -7.33. The monoisotopic (exact) mass is 750 g/mol. The predicted molar refractivity (Wildman–Crippen MR) is 217 cm³/mol. The lowest BCUT2D eigenvalue weighted by molar-refractivity contribution is 0.135. The normalized spacial score (nSPS) is 10.6. The van der Waals surface area contributed by atoms with Crippen molar-refractivity contribution in [1.29, 1.82) is 0 Å². The van der Waals surface area contributed by atoms with Gasteiger partial charge in [0.05, 0.1) is 0 Å². The Labute approximate surface area is 314 Å². The molecule has 0 aliphatic rings. The van der Waals surface area contributed by atoms with Crippen LogP contribution in [0.5, 0.6) is 0 Å². The molecule has 0 saturated heterocycles. The molecule has 8 N–H and O–H groups in total. The third-order valence-electron chi connectivity index (χ3n) is 9.34. The van der Waals surface area contributed by atoms with E-state index in [0.29, 0.717) is 0 Å².